The minimum absolute atomic E-state index is 0.00161. The Kier molecular flexibility index (Phi) is 17.3. The van der Waals surface area contributed by atoms with Crippen LogP contribution in [0.4, 0.5) is 5.69 Å². The first-order valence-electron chi connectivity index (χ1n) is 20.7. The average molecular weight is 1490 g/mol. The van der Waals surface area contributed by atoms with Gasteiger partial charge in [0.25, 0.3) is 0 Å². The zero-order valence-corrected chi connectivity index (χ0v) is 54.6. The molecule has 65 heavy (non-hydrogen) atoms. The van der Waals surface area contributed by atoms with Crippen LogP contribution in [0.1, 0.15) is 23.6 Å². The van der Waals surface area contributed by atoms with Gasteiger partial charge in [0.15, 0.2) is 0 Å². The molecule has 0 bridgehead atoms. The third-order valence-corrected chi connectivity index (χ3v) is 34.6. The Morgan fingerprint density at radius 1 is 0.477 bits per heavy atom. The number of hydrogen-bond donors (Lipinski definition) is 1. The normalized spacial score (nSPS) is 11.4. The summed E-state index contributed by atoms with van der Waals surface area (Å²) in [6.45, 7) is 4.15. The van der Waals surface area contributed by atoms with E-state index in [0.29, 0.717) is 44.0 Å². The van der Waals surface area contributed by atoms with Crippen molar-refractivity contribution in [1.29, 1.82) is 0 Å². The molecule has 0 atom stereocenters. The van der Waals surface area contributed by atoms with Crippen LogP contribution >= 0.6 is 0 Å². The molecule has 11 nitrogen and oxygen atoms in total. The second-order valence-electron chi connectivity index (χ2n) is 14.9. The molecule has 0 saturated carbocycles. The van der Waals surface area contributed by atoms with E-state index in [9.17, 15) is 25.3 Å². The Balaban J connectivity index is 0.000000263. The number of aryl methyl sites for hydroxylation is 1. The number of anilines is 1. The molecule has 1 N–H and O–H groups in total. The third-order valence-electron chi connectivity index (χ3n) is 10.2. The van der Waals surface area contributed by atoms with E-state index in [1.165, 1.54) is 0 Å². The predicted octanol–water partition coefficient (Wildman–Crippen LogP) is 9.92. The summed E-state index contributed by atoms with van der Waals surface area (Å²) in [4.78, 5) is 0.417. The Labute approximate surface area is 419 Å². The van der Waals surface area contributed by atoms with Gasteiger partial charge in [-0.05, 0) is 0 Å². The summed E-state index contributed by atoms with van der Waals surface area (Å²) >= 11 is -6.99. The van der Waals surface area contributed by atoms with Crippen molar-refractivity contribution in [3.8, 4) is 11.5 Å². The number of para-hydroxylation sites is 3. The van der Waals surface area contributed by atoms with E-state index in [4.69, 9.17) is 9.47 Å². The van der Waals surface area contributed by atoms with Gasteiger partial charge >= 0.3 is 425 Å². The summed E-state index contributed by atoms with van der Waals surface area (Å²) in [6.07, 6.45) is -0.00161. The van der Waals surface area contributed by atoms with E-state index in [0.717, 1.165) is 23.3 Å². The van der Waals surface area contributed by atoms with Gasteiger partial charge in [0.05, 0.1) is 0 Å². The number of fused-ring (bicyclic) bond motifs is 2. The van der Waals surface area contributed by atoms with Crippen molar-refractivity contribution < 1.29 is 110 Å². The molecule has 8 aromatic carbocycles. The van der Waals surface area contributed by atoms with Crippen LogP contribution in [0, 0.1) is 6.92 Å². The topological polar surface area (TPSA) is 151 Å². The second-order valence-corrected chi connectivity index (χ2v) is 38.1. The molecule has 0 aromatic heterocycles. The molecule has 0 saturated heterocycles. The summed E-state index contributed by atoms with van der Waals surface area (Å²) in [7, 11) is -11.9. The zero-order valence-electron chi connectivity index (χ0n) is 35.7. The SMILES string of the molecule is C[CH2][Hg][c]1cc(C)ccc1S(=O)(=O)Nc1ccccc1.O=S(=O)([O][Hg][O]c1ccccc1)c1cc2ccccc2cc1Cc1cc2ccccc2cc1S(=O)(=O)[O][Hg][O]c1ccccc1. The van der Waals surface area contributed by atoms with E-state index in [1.807, 2.05) is 97.9 Å². The van der Waals surface area contributed by atoms with Crippen molar-refractivity contribution >= 4 is 60.6 Å². The fourth-order valence-corrected chi connectivity index (χ4v) is 28.4. The standard InChI is InChI=1S/C21H16O6S2.C13H12NO2S.2C6H6O.C2H5.3Hg/c22-28(23,24)20-12-16-7-3-1-5-14(16)9-18(20)11-19-10-15-6-2-4-8-17(15)13-21(19)29(25,26)27;1-11-7-9-13(10-8-11)17(15,16)14-12-5-3-2-4-6-12;2*7-6-4-2-1-3-5-6;1-2;;;/h1-10,12-13H,11H2,(H,22,23,24)(H,25,26,27);2-9,14H,1H3;2*1-5,7H;1H2,2H3;;;/q;;;;;;2*+2/p-4. The van der Waals surface area contributed by atoms with E-state index in [-0.39, 0.29) is 16.2 Å². The van der Waals surface area contributed by atoms with Crippen molar-refractivity contribution in [3.63, 3.8) is 0 Å². The fraction of sp³-hybridized carbons (Fsp3) is 0.0833. The van der Waals surface area contributed by atoms with Gasteiger partial charge < -0.3 is 0 Å². The number of benzene rings is 8. The number of nitrogens with one attached hydrogen (secondary N) is 1. The van der Waals surface area contributed by atoms with Gasteiger partial charge in [-0.15, -0.1) is 0 Å². The molecule has 0 heterocycles. The quantitative estimate of drug-likeness (QED) is 0.0873. The molecule has 8 rings (SSSR count). The van der Waals surface area contributed by atoms with Crippen molar-refractivity contribution in [2.75, 3.05) is 4.72 Å². The fourth-order valence-electron chi connectivity index (χ4n) is 7.10. The Morgan fingerprint density at radius 3 is 1.34 bits per heavy atom. The molecule has 0 radical (unpaired) electrons. The van der Waals surface area contributed by atoms with Gasteiger partial charge in [0.2, 0.25) is 0 Å². The van der Waals surface area contributed by atoms with Crippen molar-refractivity contribution in [3.05, 3.63) is 199 Å². The summed E-state index contributed by atoms with van der Waals surface area (Å²) in [5.41, 5.74) is 2.54. The maximum atomic E-state index is 13.7. The van der Waals surface area contributed by atoms with Crippen LogP contribution < -0.4 is 13.1 Å². The van der Waals surface area contributed by atoms with E-state index < -0.39 is 106 Å². The molecule has 0 spiro atoms. The molecule has 0 unspecified atom stereocenters. The number of sulfonamides is 1. The predicted molar refractivity (Wildman–Crippen MR) is 240 cm³/mol. The van der Waals surface area contributed by atoms with Gasteiger partial charge in [0.1, 0.15) is 0 Å². The summed E-state index contributed by atoms with van der Waals surface area (Å²) in [6, 6.07) is 54.0. The van der Waals surface area contributed by atoms with E-state index in [1.54, 1.807) is 91.0 Å². The van der Waals surface area contributed by atoms with Gasteiger partial charge in [-0.3, -0.25) is 0 Å². The van der Waals surface area contributed by atoms with Crippen LogP contribution in [-0.4, -0.2) is 25.3 Å². The van der Waals surface area contributed by atoms with Crippen molar-refractivity contribution in [2.24, 2.45) is 0 Å². The minimum atomic E-state index is -4.22. The van der Waals surface area contributed by atoms with Gasteiger partial charge in [-0.25, -0.2) is 0 Å². The molecule has 0 aliphatic rings. The molecule has 0 amide bonds. The van der Waals surface area contributed by atoms with Gasteiger partial charge in [-0.2, -0.15) is 0 Å². The molecule has 8 aromatic rings. The third kappa shape index (κ3) is 13.5. The Bertz CT molecular complexity index is 3080. The number of rotatable bonds is 17. The van der Waals surface area contributed by atoms with Crippen LogP contribution in [0.25, 0.3) is 21.5 Å². The zero-order chi connectivity index (χ0) is 45.9. The molecular formula is C48H41Hg3NO10S3. The molecule has 0 fully saturated rings. The van der Waals surface area contributed by atoms with Crippen LogP contribution in [0.3, 0.4) is 0 Å². The van der Waals surface area contributed by atoms with Crippen LogP contribution in [-0.2, 0) is 116 Å². The Morgan fingerprint density at radius 2 is 0.892 bits per heavy atom. The van der Waals surface area contributed by atoms with Gasteiger partial charge in [-0.1, -0.05) is 0 Å². The Hall–Kier alpha value is -3.74. The first-order valence-corrected chi connectivity index (χ1v) is 40.6. The molecular weight excluding hydrogens is 1450 g/mol. The summed E-state index contributed by atoms with van der Waals surface area (Å²) < 4.78 is 107. The van der Waals surface area contributed by atoms with Crippen molar-refractivity contribution in [1.82, 2.24) is 0 Å². The molecule has 0 aliphatic heterocycles. The number of hydrogen-bond acceptors (Lipinski definition) is 10. The summed E-state index contributed by atoms with van der Waals surface area (Å²) in [5, 5.41) is 3.05. The first-order chi connectivity index (χ1) is 31.3. The average Bonchev–Trinajstić information content (AvgIpc) is 3.29. The summed E-state index contributed by atoms with van der Waals surface area (Å²) in [5.74, 6) is 1.11. The van der Waals surface area contributed by atoms with Crippen LogP contribution in [0.15, 0.2) is 197 Å². The molecule has 322 valence electrons. The molecule has 0 aliphatic carbocycles. The molecule has 17 heteroatoms. The monoisotopic (exact) mass is 1490 g/mol. The van der Waals surface area contributed by atoms with Crippen LogP contribution in [0.5, 0.6) is 11.5 Å². The maximum absolute atomic E-state index is 13.7. The first kappa shape index (κ1) is 49.2. The van der Waals surface area contributed by atoms with Crippen LogP contribution in [0.2, 0.25) is 3.93 Å². The van der Waals surface area contributed by atoms with E-state index in [2.05, 4.69) is 11.6 Å². The van der Waals surface area contributed by atoms with E-state index >= 15 is 0 Å². The van der Waals surface area contributed by atoms with Gasteiger partial charge in [0, 0.05) is 0 Å². The second kappa shape index (κ2) is 22.8. The van der Waals surface area contributed by atoms with Crippen molar-refractivity contribution in [2.45, 2.75) is 38.9 Å².